The molecule has 0 aromatic heterocycles. The zero-order valence-corrected chi connectivity index (χ0v) is 18.6. The van der Waals surface area contributed by atoms with E-state index in [-0.39, 0.29) is 33.6 Å². The number of rotatable bonds is 11. The van der Waals surface area contributed by atoms with E-state index in [4.69, 9.17) is 21.2 Å². The number of hydrogen-bond acceptors (Lipinski definition) is 7. The third-order valence-corrected chi connectivity index (χ3v) is 5.03. The molecule has 1 rings (SSSR count). The second kappa shape index (κ2) is 16.2. The van der Waals surface area contributed by atoms with Crippen LogP contribution in [0.3, 0.4) is 0 Å². The van der Waals surface area contributed by atoms with Gasteiger partial charge in [-0.25, -0.2) is 0 Å². The van der Waals surface area contributed by atoms with Crippen LogP contribution in [-0.4, -0.2) is 73.3 Å². The molecule has 0 saturated carbocycles. The van der Waals surface area contributed by atoms with Gasteiger partial charge in [-0.05, 0) is 6.42 Å². The molecule has 2 amide bonds. The Morgan fingerprint density at radius 1 is 1.20 bits per heavy atom. The Hall–Kier alpha value is -2.58. The van der Waals surface area contributed by atoms with Crippen molar-refractivity contribution in [1.82, 2.24) is 10.6 Å². The van der Waals surface area contributed by atoms with Crippen LogP contribution in [0.5, 0.6) is 0 Å². The molecule has 0 bridgehead atoms. The molecular formula is C18H24N4O6SSe. The Labute approximate surface area is 185 Å². The number of amides is 2. The number of nitrogens with one attached hydrogen (secondary N) is 2. The summed E-state index contributed by atoms with van der Waals surface area (Å²) in [5, 5.41) is 30.6. The molecular weight excluding hydrogens is 479 g/mol. The molecule has 6 N–H and O–H groups in total. The van der Waals surface area contributed by atoms with Gasteiger partial charge in [-0.15, -0.1) is 0 Å². The normalized spacial score (nSPS) is 11.6. The van der Waals surface area contributed by atoms with Gasteiger partial charge in [0.05, 0.1) is 0 Å². The van der Waals surface area contributed by atoms with Crippen molar-refractivity contribution < 1.29 is 29.4 Å². The van der Waals surface area contributed by atoms with Gasteiger partial charge < -0.3 is 26.6 Å². The topological polar surface area (TPSA) is 183 Å². The zero-order chi connectivity index (χ0) is 22.9. The van der Waals surface area contributed by atoms with Crippen LogP contribution < -0.4 is 16.4 Å². The van der Waals surface area contributed by atoms with Crippen LogP contribution in [0.15, 0.2) is 30.3 Å². The van der Waals surface area contributed by atoms with Gasteiger partial charge in [0.25, 0.3) is 0 Å². The van der Waals surface area contributed by atoms with E-state index in [0.29, 0.717) is 0 Å². The summed E-state index contributed by atoms with van der Waals surface area (Å²) in [6, 6.07) is 7.95. The third-order valence-electron chi connectivity index (χ3n) is 3.39. The van der Waals surface area contributed by atoms with Gasteiger partial charge >= 0.3 is 78.3 Å². The molecule has 0 saturated heterocycles. The molecule has 0 radical (unpaired) electrons. The molecule has 30 heavy (non-hydrogen) atoms. The molecule has 0 aliphatic carbocycles. The Morgan fingerprint density at radius 3 is 2.33 bits per heavy atom. The fourth-order valence-electron chi connectivity index (χ4n) is 1.85. The van der Waals surface area contributed by atoms with Crippen molar-refractivity contribution >= 4 is 51.3 Å². The van der Waals surface area contributed by atoms with Gasteiger partial charge in [0.1, 0.15) is 18.6 Å². The quantitative estimate of drug-likeness (QED) is 0.167. The van der Waals surface area contributed by atoms with Gasteiger partial charge in [-0.1, -0.05) is 0 Å². The summed E-state index contributed by atoms with van der Waals surface area (Å²) >= 11 is 4.00. The van der Waals surface area contributed by atoms with E-state index in [1.165, 1.54) is 5.56 Å². The van der Waals surface area contributed by atoms with E-state index in [9.17, 15) is 19.2 Å². The zero-order valence-electron chi connectivity index (χ0n) is 16.0. The smallest absolute Gasteiger partial charge is 0.322 e. The van der Waals surface area contributed by atoms with Gasteiger partial charge in [-0.3, -0.25) is 19.2 Å². The number of thiol groups is 1. The minimum Gasteiger partial charge on any atom is -0.480 e. The van der Waals surface area contributed by atoms with E-state index in [2.05, 4.69) is 40.4 Å². The van der Waals surface area contributed by atoms with Crippen molar-refractivity contribution in [1.29, 1.82) is 5.26 Å². The molecule has 0 unspecified atom stereocenters. The molecule has 164 valence electrons. The number of benzene rings is 1. The largest absolute Gasteiger partial charge is 0.480 e. The minimum atomic E-state index is -1.22. The average molecular weight is 503 g/mol. The Balaban J connectivity index is 0.000000696. The summed E-state index contributed by atoms with van der Waals surface area (Å²) in [7, 11) is 0. The third kappa shape index (κ3) is 13.6. The van der Waals surface area contributed by atoms with Crippen LogP contribution in [0.1, 0.15) is 18.4 Å². The van der Waals surface area contributed by atoms with Crippen LogP contribution >= 0.6 is 12.6 Å². The van der Waals surface area contributed by atoms with Crippen molar-refractivity contribution in [3.05, 3.63) is 35.9 Å². The number of aliphatic carboxylic acids is 2. The number of nitrogens with zero attached hydrogens (tertiary/aromatic N) is 1. The number of hydrogen-bond donors (Lipinski definition) is 6. The molecule has 0 fully saturated rings. The maximum Gasteiger partial charge on any atom is 0.322 e. The monoisotopic (exact) mass is 504 g/mol. The number of nitriles is 1. The number of nitrogens with two attached hydrogens (primary N) is 1. The van der Waals surface area contributed by atoms with Gasteiger partial charge in [-0.2, -0.15) is 12.6 Å². The van der Waals surface area contributed by atoms with Crippen molar-refractivity contribution in [2.75, 3.05) is 12.3 Å². The molecule has 0 spiro atoms. The van der Waals surface area contributed by atoms with E-state index in [1.54, 1.807) is 0 Å². The first-order chi connectivity index (χ1) is 14.2. The second-order valence-electron chi connectivity index (χ2n) is 5.76. The van der Waals surface area contributed by atoms with E-state index in [1.807, 2.05) is 18.2 Å². The van der Waals surface area contributed by atoms with Crippen molar-refractivity contribution in [3.8, 4) is 4.97 Å². The van der Waals surface area contributed by atoms with Crippen LogP contribution in [0.4, 0.5) is 0 Å². The molecule has 1 aromatic carbocycles. The summed E-state index contributed by atoms with van der Waals surface area (Å²) in [5.74, 6) is -3.70. The van der Waals surface area contributed by atoms with E-state index >= 15 is 0 Å². The van der Waals surface area contributed by atoms with Crippen molar-refractivity contribution in [2.24, 2.45) is 5.73 Å². The number of carboxylic acid groups (broad SMARTS) is 2. The Bertz CT molecular complexity index is 744. The average Bonchev–Trinajstić information content (AvgIpc) is 2.73. The van der Waals surface area contributed by atoms with Crippen LogP contribution in [0, 0.1) is 10.2 Å². The van der Waals surface area contributed by atoms with Crippen LogP contribution in [-0.2, 0) is 24.5 Å². The maximum absolute atomic E-state index is 11.5. The molecule has 0 heterocycles. The number of carboxylic acids is 2. The molecule has 1 aromatic rings. The summed E-state index contributed by atoms with van der Waals surface area (Å²) < 4.78 is 0. The van der Waals surface area contributed by atoms with Crippen molar-refractivity contribution in [3.63, 3.8) is 0 Å². The van der Waals surface area contributed by atoms with E-state index in [0.717, 1.165) is 5.32 Å². The predicted molar refractivity (Wildman–Crippen MR) is 113 cm³/mol. The van der Waals surface area contributed by atoms with Crippen molar-refractivity contribution in [2.45, 2.75) is 30.2 Å². The molecule has 12 heteroatoms. The second-order valence-corrected chi connectivity index (χ2v) is 7.72. The van der Waals surface area contributed by atoms with Crippen LogP contribution in [0.25, 0.3) is 0 Å². The fourth-order valence-corrected chi connectivity index (χ4v) is 2.99. The van der Waals surface area contributed by atoms with E-state index < -0.39 is 42.4 Å². The number of carbonyl (C=O) groups is 4. The molecule has 0 aliphatic rings. The summed E-state index contributed by atoms with van der Waals surface area (Å²) in [4.78, 5) is 45.9. The van der Waals surface area contributed by atoms with Gasteiger partial charge in [0, 0.05) is 12.2 Å². The molecule has 0 aliphatic heterocycles. The molecule has 2 atom stereocenters. The Kier molecular flexibility index (Phi) is 14.8. The minimum absolute atomic E-state index is 0.0256. The first-order valence-electron chi connectivity index (χ1n) is 8.64. The standard InChI is InChI=1S/C10H17N3O6S.C8H7NSe/c11-5(10(18)19)1-2-7(14)13-6(4-20)9(17)12-3-8(15)16;9-7-10-6-8-4-2-1-3-5-8/h5-6,20H,1-4,11H2,(H,12,17)(H,13,14)(H,15,16)(H,18,19);1-5H,6H2/t5-,6-;/m0./s1. The maximum atomic E-state index is 11.5. The molecule has 10 nitrogen and oxygen atoms in total. The van der Waals surface area contributed by atoms with Crippen LogP contribution in [0.2, 0.25) is 0 Å². The van der Waals surface area contributed by atoms with Gasteiger partial charge in [0.2, 0.25) is 11.8 Å². The summed E-state index contributed by atoms with van der Waals surface area (Å²) in [6.07, 6.45) is -0.235. The van der Waals surface area contributed by atoms with Gasteiger partial charge in [0.15, 0.2) is 0 Å². The summed E-state index contributed by atoms with van der Waals surface area (Å²) in [6.45, 7) is -0.567. The fraction of sp³-hybridized carbons (Fsp3) is 0.389. The first-order valence-corrected chi connectivity index (χ1v) is 11.3. The SMILES string of the molecule is N#C[Se]Cc1ccccc1.N[C@@H](CCC(=O)N[C@@H](CS)C(=O)NCC(=O)O)C(=O)O. The first kappa shape index (κ1) is 27.4. The number of carbonyl (C=O) groups excluding carboxylic acids is 2. The summed E-state index contributed by atoms with van der Waals surface area (Å²) in [5.41, 5.74) is 6.50. The Morgan fingerprint density at radius 2 is 1.83 bits per heavy atom. The predicted octanol–water partition coefficient (Wildman–Crippen LogP) is -0.834.